The normalized spacial score (nSPS) is 46.4. The topological polar surface area (TPSA) is 49.3 Å². The molecular formula is C6H9NO2. The Balaban J connectivity index is 2.19. The Morgan fingerprint density at radius 3 is 2.67 bits per heavy atom. The van der Waals surface area contributed by atoms with Gasteiger partial charge in [-0.05, 0) is 19.3 Å². The summed E-state index contributed by atoms with van der Waals surface area (Å²) in [4.78, 5) is 10.5. The predicted molar refractivity (Wildman–Crippen MR) is 31.1 cm³/mol. The minimum Gasteiger partial charge on any atom is -0.480 e. The lowest BCUT2D eigenvalue weighted by atomic mass is 9.91. The average Bonchev–Trinajstić information content (AvgIpc) is 2.13. The van der Waals surface area contributed by atoms with Gasteiger partial charge in [-0.2, -0.15) is 0 Å². The zero-order valence-electron chi connectivity index (χ0n) is 5.05. The van der Waals surface area contributed by atoms with Crippen LogP contribution >= 0.6 is 0 Å². The number of carboxylic acid groups (broad SMARTS) is 1. The van der Waals surface area contributed by atoms with Gasteiger partial charge in [-0.25, -0.2) is 0 Å². The molecule has 0 spiro atoms. The highest BCUT2D eigenvalue weighted by atomic mass is 16.4. The molecule has 3 heteroatoms. The monoisotopic (exact) mass is 127 g/mol. The average molecular weight is 127 g/mol. The van der Waals surface area contributed by atoms with E-state index in [0.29, 0.717) is 6.04 Å². The van der Waals surface area contributed by atoms with Crippen molar-refractivity contribution < 1.29 is 9.90 Å². The van der Waals surface area contributed by atoms with Crippen molar-refractivity contribution in [1.82, 2.24) is 5.32 Å². The summed E-state index contributed by atoms with van der Waals surface area (Å²) >= 11 is 0. The summed E-state index contributed by atoms with van der Waals surface area (Å²) < 4.78 is 0. The summed E-state index contributed by atoms with van der Waals surface area (Å²) in [5, 5.41) is 11.7. The van der Waals surface area contributed by atoms with Crippen LogP contribution in [-0.2, 0) is 4.79 Å². The maximum atomic E-state index is 10.5. The fourth-order valence-corrected chi connectivity index (χ4v) is 1.82. The molecule has 0 aromatic heterocycles. The highest BCUT2D eigenvalue weighted by molar-refractivity contribution is 5.81. The molecular weight excluding hydrogens is 118 g/mol. The second kappa shape index (κ2) is 1.29. The van der Waals surface area contributed by atoms with E-state index in [1.165, 1.54) is 0 Å². The Morgan fingerprint density at radius 1 is 1.78 bits per heavy atom. The maximum Gasteiger partial charge on any atom is 0.323 e. The van der Waals surface area contributed by atoms with Gasteiger partial charge < -0.3 is 5.11 Å². The molecule has 3 fully saturated rings. The van der Waals surface area contributed by atoms with E-state index in [1.54, 1.807) is 0 Å². The molecule has 2 unspecified atom stereocenters. The molecule has 50 valence electrons. The molecule has 2 N–H and O–H groups in total. The van der Waals surface area contributed by atoms with E-state index < -0.39 is 11.5 Å². The van der Waals surface area contributed by atoms with E-state index in [-0.39, 0.29) is 0 Å². The minimum atomic E-state index is -0.670. The Morgan fingerprint density at radius 2 is 2.44 bits per heavy atom. The van der Waals surface area contributed by atoms with Crippen LogP contribution in [0.5, 0.6) is 0 Å². The number of nitrogens with one attached hydrogen (secondary N) is 1. The van der Waals surface area contributed by atoms with Crippen molar-refractivity contribution in [2.24, 2.45) is 0 Å². The fourth-order valence-electron chi connectivity index (χ4n) is 1.82. The van der Waals surface area contributed by atoms with Crippen LogP contribution in [0.25, 0.3) is 0 Å². The summed E-state index contributed by atoms with van der Waals surface area (Å²) in [6, 6.07) is 0.515. The highest BCUT2D eigenvalue weighted by Crippen LogP contribution is 2.40. The van der Waals surface area contributed by atoms with E-state index in [9.17, 15) is 4.79 Å². The predicted octanol–water partition coefficient (Wildman–Crippen LogP) is -0.0345. The summed E-state index contributed by atoms with van der Waals surface area (Å²) in [5.74, 6) is -0.670. The standard InChI is InChI=1S/C6H9NO2/c8-5(9)6-2-1-4(3-6)7-6/h4,7H,1-3H2,(H,8,9). The SMILES string of the molecule is O=C(O)C12CCC(C1)N2. The fraction of sp³-hybridized carbons (Fsp3) is 0.833. The van der Waals surface area contributed by atoms with Gasteiger partial charge in [0.15, 0.2) is 0 Å². The molecule has 0 radical (unpaired) electrons. The zero-order valence-corrected chi connectivity index (χ0v) is 5.05. The molecule has 2 saturated heterocycles. The second-order valence-corrected chi connectivity index (χ2v) is 2.97. The van der Waals surface area contributed by atoms with Gasteiger partial charge in [0, 0.05) is 6.04 Å². The first-order chi connectivity index (χ1) is 4.23. The lowest BCUT2D eigenvalue weighted by molar-refractivity contribution is -0.147. The molecule has 9 heavy (non-hydrogen) atoms. The molecule has 1 aliphatic carbocycles. The number of carboxylic acids is 1. The van der Waals surface area contributed by atoms with Crippen molar-refractivity contribution in [2.75, 3.05) is 0 Å². The van der Waals surface area contributed by atoms with E-state index in [4.69, 9.17) is 5.11 Å². The number of carbonyl (C=O) groups is 1. The second-order valence-electron chi connectivity index (χ2n) is 2.97. The van der Waals surface area contributed by atoms with Crippen molar-refractivity contribution in [3.63, 3.8) is 0 Å². The number of hydrogen-bond donors (Lipinski definition) is 2. The first-order valence-corrected chi connectivity index (χ1v) is 3.24. The lowest BCUT2D eigenvalue weighted by Crippen LogP contribution is -2.60. The van der Waals surface area contributed by atoms with Gasteiger partial charge in [0.2, 0.25) is 0 Å². The smallest absolute Gasteiger partial charge is 0.323 e. The van der Waals surface area contributed by atoms with Gasteiger partial charge >= 0.3 is 5.97 Å². The molecule has 3 nitrogen and oxygen atoms in total. The van der Waals surface area contributed by atoms with Crippen molar-refractivity contribution in [3.8, 4) is 0 Å². The van der Waals surface area contributed by atoms with E-state index in [0.717, 1.165) is 19.3 Å². The molecule has 3 aliphatic rings. The quantitative estimate of drug-likeness (QED) is 0.520. The van der Waals surface area contributed by atoms with Crippen LogP contribution in [0, 0.1) is 0 Å². The zero-order chi connectivity index (χ0) is 6.48. The van der Waals surface area contributed by atoms with E-state index in [2.05, 4.69) is 5.32 Å². The molecule has 2 atom stereocenters. The van der Waals surface area contributed by atoms with Crippen LogP contribution in [0.4, 0.5) is 0 Å². The van der Waals surface area contributed by atoms with Gasteiger partial charge in [-0.1, -0.05) is 0 Å². The highest BCUT2D eigenvalue weighted by Gasteiger charge is 2.55. The van der Waals surface area contributed by atoms with Crippen LogP contribution < -0.4 is 5.32 Å². The summed E-state index contributed by atoms with van der Waals surface area (Å²) in [5.41, 5.74) is -0.495. The van der Waals surface area contributed by atoms with Gasteiger partial charge in [0.25, 0.3) is 0 Å². The molecule has 0 aromatic rings. The van der Waals surface area contributed by atoms with Crippen LogP contribution in [-0.4, -0.2) is 22.7 Å². The van der Waals surface area contributed by atoms with Crippen molar-refractivity contribution in [3.05, 3.63) is 0 Å². The first-order valence-electron chi connectivity index (χ1n) is 3.24. The van der Waals surface area contributed by atoms with Gasteiger partial charge in [-0.3, -0.25) is 10.1 Å². The van der Waals surface area contributed by atoms with Gasteiger partial charge in [0.1, 0.15) is 5.54 Å². The maximum absolute atomic E-state index is 10.5. The van der Waals surface area contributed by atoms with Crippen LogP contribution in [0.15, 0.2) is 0 Å². The summed E-state index contributed by atoms with van der Waals surface area (Å²) in [6.07, 6.45) is 2.72. The van der Waals surface area contributed by atoms with Crippen LogP contribution in [0.3, 0.4) is 0 Å². The molecule has 0 aromatic carbocycles. The molecule has 3 rings (SSSR count). The Kier molecular flexibility index (Phi) is 0.750. The molecule has 2 bridgehead atoms. The third-order valence-corrected chi connectivity index (χ3v) is 2.40. The Labute approximate surface area is 53.1 Å². The van der Waals surface area contributed by atoms with Gasteiger partial charge in [-0.15, -0.1) is 0 Å². The third kappa shape index (κ3) is 0.477. The number of aliphatic carboxylic acids is 1. The van der Waals surface area contributed by atoms with Crippen molar-refractivity contribution in [1.29, 1.82) is 0 Å². The molecule has 2 heterocycles. The number of hydrogen-bond acceptors (Lipinski definition) is 2. The minimum absolute atomic E-state index is 0.495. The Hall–Kier alpha value is -0.570. The van der Waals surface area contributed by atoms with Crippen LogP contribution in [0.1, 0.15) is 19.3 Å². The molecule has 0 amide bonds. The van der Waals surface area contributed by atoms with Crippen molar-refractivity contribution >= 4 is 5.97 Å². The summed E-state index contributed by atoms with van der Waals surface area (Å²) in [6.45, 7) is 0. The molecule has 1 saturated carbocycles. The van der Waals surface area contributed by atoms with Crippen LogP contribution in [0.2, 0.25) is 0 Å². The Bertz CT molecular complexity index is 155. The number of fused-ring (bicyclic) bond motifs is 1. The first kappa shape index (κ1) is 5.23. The summed E-state index contributed by atoms with van der Waals surface area (Å²) in [7, 11) is 0. The van der Waals surface area contributed by atoms with E-state index in [1.807, 2.05) is 0 Å². The van der Waals surface area contributed by atoms with Gasteiger partial charge in [0.05, 0.1) is 0 Å². The van der Waals surface area contributed by atoms with Crippen molar-refractivity contribution in [2.45, 2.75) is 30.8 Å². The lowest BCUT2D eigenvalue weighted by Gasteiger charge is -2.35. The number of rotatable bonds is 1. The molecule has 2 aliphatic heterocycles. The third-order valence-electron chi connectivity index (χ3n) is 2.40. The van der Waals surface area contributed by atoms with E-state index >= 15 is 0 Å². The largest absolute Gasteiger partial charge is 0.480 e.